The van der Waals surface area contributed by atoms with Crippen molar-refractivity contribution < 1.29 is 8.42 Å². The number of aromatic nitrogens is 2. The zero-order valence-corrected chi connectivity index (χ0v) is 19.6. The molecule has 1 heterocycles. The molecule has 0 aliphatic heterocycles. The first kappa shape index (κ1) is 22.2. The van der Waals surface area contributed by atoms with Crippen LogP contribution < -0.4 is 4.72 Å². The lowest BCUT2D eigenvalue weighted by Gasteiger charge is -2.07. The maximum Gasteiger partial charge on any atom is 0.263 e. The molecule has 9 heteroatoms. The van der Waals surface area contributed by atoms with Gasteiger partial charge in [-0.25, -0.2) is 8.42 Å². The van der Waals surface area contributed by atoms with Crippen LogP contribution in [0.3, 0.4) is 0 Å². The van der Waals surface area contributed by atoms with E-state index in [0.717, 1.165) is 30.4 Å². The predicted molar refractivity (Wildman–Crippen MR) is 121 cm³/mol. The Bertz CT molecular complexity index is 1100. The van der Waals surface area contributed by atoms with E-state index in [9.17, 15) is 8.42 Å². The highest BCUT2D eigenvalue weighted by Gasteiger charge is 2.18. The molecule has 0 amide bonds. The van der Waals surface area contributed by atoms with Gasteiger partial charge in [-0.05, 0) is 64.2 Å². The molecule has 1 aromatic heterocycles. The highest BCUT2D eigenvalue weighted by atomic mass is 79.9. The number of rotatable bonds is 8. The lowest BCUT2D eigenvalue weighted by molar-refractivity contribution is 0.600. The number of nitrogens with one attached hydrogen (secondary N) is 1. The summed E-state index contributed by atoms with van der Waals surface area (Å²) in [6.07, 6.45) is 4.82. The number of aryl methyl sites for hydroxylation is 1. The normalized spacial score (nSPS) is 11.6. The summed E-state index contributed by atoms with van der Waals surface area (Å²) in [5.74, 6) is 0.222. The molecule has 0 saturated heterocycles. The molecular weight excluding hydrogens is 497 g/mol. The number of hydrogen-bond donors (Lipinski definition) is 1. The molecule has 0 unspecified atom stereocenters. The summed E-state index contributed by atoms with van der Waals surface area (Å²) in [6, 6.07) is 12.2. The zero-order chi connectivity index (χ0) is 21.0. The Labute approximate surface area is 189 Å². The molecule has 0 fully saturated rings. The topological polar surface area (TPSA) is 64.0 Å². The van der Waals surface area contributed by atoms with Crippen molar-refractivity contribution in [1.29, 1.82) is 0 Å². The van der Waals surface area contributed by atoms with Crippen LogP contribution in [0.4, 0.5) is 5.82 Å². The van der Waals surface area contributed by atoms with Crippen molar-refractivity contribution >= 4 is 55.0 Å². The second-order valence-electron chi connectivity index (χ2n) is 6.62. The van der Waals surface area contributed by atoms with E-state index >= 15 is 0 Å². The zero-order valence-electron chi connectivity index (χ0n) is 15.7. The van der Waals surface area contributed by atoms with Gasteiger partial charge in [0.15, 0.2) is 5.82 Å². The third-order valence-electron chi connectivity index (χ3n) is 4.33. The van der Waals surface area contributed by atoms with Crippen LogP contribution in [0.25, 0.3) is 0 Å². The molecule has 2 aromatic carbocycles. The minimum absolute atomic E-state index is 0.198. The van der Waals surface area contributed by atoms with E-state index in [1.165, 1.54) is 0 Å². The summed E-state index contributed by atoms with van der Waals surface area (Å²) in [7, 11) is -3.74. The van der Waals surface area contributed by atoms with Crippen molar-refractivity contribution in [3.8, 4) is 0 Å². The van der Waals surface area contributed by atoms with E-state index in [1.54, 1.807) is 35.1 Å². The van der Waals surface area contributed by atoms with E-state index in [0.29, 0.717) is 21.1 Å². The van der Waals surface area contributed by atoms with E-state index in [-0.39, 0.29) is 10.7 Å². The van der Waals surface area contributed by atoms with Crippen LogP contribution >= 0.6 is 39.1 Å². The molecule has 1 N–H and O–H groups in total. The van der Waals surface area contributed by atoms with Crippen LogP contribution in [-0.4, -0.2) is 18.2 Å². The monoisotopic (exact) mass is 515 g/mol. The molecule has 0 saturated carbocycles. The lowest BCUT2D eigenvalue weighted by Crippen LogP contribution is -2.14. The fourth-order valence-electron chi connectivity index (χ4n) is 2.77. The van der Waals surface area contributed by atoms with Crippen molar-refractivity contribution in [2.75, 3.05) is 4.72 Å². The number of sulfonamides is 1. The highest BCUT2D eigenvalue weighted by Crippen LogP contribution is 2.26. The fourth-order valence-corrected chi connectivity index (χ4v) is 4.66. The Morgan fingerprint density at radius 1 is 1.07 bits per heavy atom. The van der Waals surface area contributed by atoms with Gasteiger partial charge in [0.2, 0.25) is 0 Å². The molecule has 0 radical (unpaired) electrons. The van der Waals surface area contributed by atoms with Gasteiger partial charge >= 0.3 is 0 Å². The number of anilines is 1. The van der Waals surface area contributed by atoms with Gasteiger partial charge in [-0.2, -0.15) is 5.10 Å². The number of benzene rings is 2. The molecule has 0 atom stereocenters. The van der Waals surface area contributed by atoms with Crippen LogP contribution in [0.1, 0.15) is 30.9 Å². The Morgan fingerprint density at radius 2 is 1.76 bits per heavy atom. The van der Waals surface area contributed by atoms with Gasteiger partial charge in [0.25, 0.3) is 10.0 Å². The Balaban J connectivity index is 1.74. The summed E-state index contributed by atoms with van der Waals surface area (Å²) in [4.78, 5) is 0.198. The SMILES string of the molecule is CCCCc1ccc(S(=O)(=O)Nc2nn(Cc3ccc(Cl)c(Cl)c3)cc2Br)cc1. The minimum atomic E-state index is -3.74. The largest absolute Gasteiger partial charge is 0.265 e. The minimum Gasteiger partial charge on any atom is -0.265 e. The van der Waals surface area contributed by atoms with Gasteiger partial charge in [-0.3, -0.25) is 9.40 Å². The maximum atomic E-state index is 12.7. The van der Waals surface area contributed by atoms with Gasteiger partial charge in [0.05, 0.1) is 26.0 Å². The Kier molecular flexibility index (Phi) is 7.27. The van der Waals surface area contributed by atoms with Crippen molar-refractivity contribution in [1.82, 2.24) is 9.78 Å². The predicted octanol–water partition coefficient (Wildman–Crippen LogP) is 6.14. The van der Waals surface area contributed by atoms with E-state index < -0.39 is 10.0 Å². The molecule has 0 aliphatic rings. The van der Waals surface area contributed by atoms with Crippen LogP contribution in [0.2, 0.25) is 10.0 Å². The first-order chi connectivity index (χ1) is 13.8. The second kappa shape index (κ2) is 9.51. The number of halogens is 3. The Morgan fingerprint density at radius 3 is 2.41 bits per heavy atom. The van der Waals surface area contributed by atoms with E-state index in [2.05, 4.69) is 32.7 Å². The number of hydrogen-bond acceptors (Lipinski definition) is 3. The van der Waals surface area contributed by atoms with Gasteiger partial charge in [-0.15, -0.1) is 0 Å². The average Bonchev–Trinajstić information content (AvgIpc) is 3.01. The van der Waals surface area contributed by atoms with Crippen LogP contribution in [0.15, 0.2) is 58.0 Å². The molecule has 0 aliphatic carbocycles. The fraction of sp³-hybridized carbons (Fsp3) is 0.250. The summed E-state index contributed by atoms with van der Waals surface area (Å²) >= 11 is 15.4. The molecule has 3 rings (SSSR count). The third kappa shape index (κ3) is 5.75. The van der Waals surface area contributed by atoms with Crippen LogP contribution in [0, 0.1) is 0 Å². The number of nitrogens with zero attached hydrogens (tertiary/aromatic N) is 2. The quantitative estimate of drug-likeness (QED) is 0.390. The van der Waals surface area contributed by atoms with Crippen LogP contribution in [0.5, 0.6) is 0 Å². The highest BCUT2D eigenvalue weighted by molar-refractivity contribution is 9.10. The molecule has 5 nitrogen and oxygen atoms in total. The molecule has 29 heavy (non-hydrogen) atoms. The molecule has 3 aromatic rings. The van der Waals surface area contributed by atoms with Crippen molar-refractivity contribution in [3.63, 3.8) is 0 Å². The van der Waals surface area contributed by atoms with Crippen LogP contribution in [-0.2, 0) is 23.0 Å². The van der Waals surface area contributed by atoms with E-state index in [4.69, 9.17) is 23.2 Å². The third-order valence-corrected chi connectivity index (χ3v) is 7.00. The molecular formula is C20H20BrCl2N3O2S. The first-order valence-electron chi connectivity index (χ1n) is 9.07. The molecule has 0 spiro atoms. The molecule has 154 valence electrons. The van der Waals surface area contributed by atoms with Gasteiger partial charge < -0.3 is 0 Å². The van der Waals surface area contributed by atoms with Crippen molar-refractivity contribution in [2.45, 2.75) is 37.6 Å². The van der Waals surface area contributed by atoms with Crippen molar-refractivity contribution in [3.05, 3.63) is 74.3 Å². The van der Waals surface area contributed by atoms with Crippen molar-refractivity contribution in [2.24, 2.45) is 0 Å². The summed E-state index contributed by atoms with van der Waals surface area (Å²) < 4.78 is 30.1. The second-order valence-corrected chi connectivity index (χ2v) is 9.98. The molecule has 0 bridgehead atoms. The summed E-state index contributed by atoms with van der Waals surface area (Å²) in [5.41, 5.74) is 2.02. The Hall–Kier alpha value is -1.54. The van der Waals surface area contributed by atoms with Gasteiger partial charge in [-0.1, -0.05) is 54.7 Å². The average molecular weight is 517 g/mol. The first-order valence-corrected chi connectivity index (χ1v) is 12.1. The summed E-state index contributed by atoms with van der Waals surface area (Å²) in [6.45, 7) is 2.55. The van der Waals surface area contributed by atoms with E-state index in [1.807, 2.05) is 18.2 Å². The summed E-state index contributed by atoms with van der Waals surface area (Å²) in [5, 5.41) is 5.26. The van der Waals surface area contributed by atoms with Gasteiger partial charge in [0.1, 0.15) is 0 Å². The maximum absolute atomic E-state index is 12.7. The van der Waals surface area contributed by atoms with Gasteiger partial charge in [0, 0.05) is 6.20 Å². The number of unbranched alkanes of at least 4 members (excludes halogenated alkanes) is 1. The smallest absolute Gasteiger partial charge is 0.263 e. The standard InChI is InChI=1S/C20H20BrCl2N3O2S/c1-2-3-4-14-5-8-16(9-6-14)29(27,28)25-20-17(21)13-26(24-20)12-15-7-10-18(22)19(23)11-15/h5-11,13H,2-4,12H2,1H3,(H,24,25). The lowest BCUT2D eigenvalue weighted by atomic mass is 10.1.